The van der Waals surface area contributed by atoms with Crippen molar-refractivity contribution >= 4 is 5.78 Å². The van der Waals surface area contributed by atoms with Crippen LogP contribution in [-0.2, 0) is 5.67 Å². The number of halogens is 1. The van der Waals surface area contributed by atoms with E-state index in [1.807, 2.05) is 0 Å². The Labute approximate surface area is 111 Å². The number of phenolic OH excluding ortho intramolecular Hbond substituents is 1. The molecule has 0 saturated heterocycles. The number of alkyl halides is 1. The number of rotatable bonds is 3. The van der Waals surface area contributed by atoms with Gasteiger partial charge < -0.3 is 5.11 Å². The van der Waals surface area contributed by atoms with Crippen molar-refractivity contribution in [2.24, 2.45) is 0 Å². The predicted octanol–water partition coefficient (Wildman–Crippen LogP) is 3.83. The molecule has 2 rings (SSSR count). The molecule has 98 valence electrons. The summed E-state index contributed by atoms with van der Waals surface area (Å²) in [4.78, 5) is 12.1. The summed E-state index contributed by atoms with van der Waals surface area (Å²) in [5.41, 5.74) is 0.110. The zero-order chi connectivity index (χ0) is 14.0. The number of aromatic hydroxyl groups is 1. The van der Waals surface area contributed by atoms with Crippen LogP contribution < -0.4 is 0 Å². The Hall–Kier alpha value is -2.16. The fraction of sp³-hybridized carbons (Fsp3) is 0.188. The minimum Gasteiger partial charge on any atom is -0.508 e. The third kappa shape index (κ3) is 2.99. The van der Waals surface area contributed by atoms with E-state index < -0.39 is 5.67 Å². The largest absolute Gasteiger partial charge is 0.508 e. The van der Waals surface area contributed by atoms with Crippen molar-refractivity contribution in [2.45, 2.75) is 19.5 Å². The van der Waals surface area contributed by atoms with Crippen LogP contribution in [0.3, 0.4) is 0 Å². The van der Waals surface area contributed by atoms with Crippen molar-refractivity contribution in [3.05, 3.63) is 65.2 Å². The fourth-order valence-corrected chi connectivity index (χ4v) is 1.80. The Kier molecular flexibility index (Phi) is 3.38. The van der Waals surface area contributed by atoms with Crippen LogP contribution in [0.1, 0.15) is 35.3 Å². The molecule has 0 heterocycles. The van der Waals surface area contributed by atoms with Gasteiger partial charge in [-0.2, -0.15) is 0 Å². The Morgan fingerprint density at radius 1 is 0.947 bits per heavy atom. The molecule has 0 radical (unpaired) electrons. The van der Waals surface area contributed by atoms with E-state index in [-0.39, 0.29) is 11.5 Å². The monoisotopic (exact) mass is 258 g/mol. The summed E-state index contributed by atoms with van der Waals surface area (Å²) >= 11 is 0. The molecule has 0 fully saturated rings. The number of hydrogen-bond acceptors (Lipinski definition) is 2. The van der Waals surface area contributed by atoms with E-state index in [0.717, 1.165) is 0 Å². The summed E-state index contributed by atoms with van der Waals surface area (Å²) in [6, 6.07) is 12.5. The number of hydrogen-bond donors (Lipinski definition) is 1. The predicted molar refractivity (Wildman–Crippen MR) is 72.1 cm³/mol. The number of phenols is 1. The van der Waals surface area contributed by atoms with Crippen LogP contribution >= 0.6 is 0 Å². The molecular weight excluding hydrogens is 243 g/mol. The van der Waals surface area contributed by atoms with E-state index >= 15 is 0 Å². The van der Waals surface area contributed by atoms with Gasteiger partial charge in [0.05, 0.1) is 0 Å². The molecule has 0 aliphatic carbocycles. The zero-order valence-electron chi connectivity index (χ0n) is 10.9. The molecule has 0 spiro atoms. The minimum atomic E-state index is -1.42. The fourth-order valence-electron chi connectivity index (χ4n) is 1.80. The van der Waals surface area contributed by atoms with Crippen molar-refractivity contribution in [3.8, 4) is 5.75 Å². The molecule has 0 atom stereocenters. The third-order valence-electron chi connectivity index (χ3n) is 2.96. The molecule has 0 amide bonds. The topological polar surface area (TPSA) is 37.3 Å². The van der Waals surface area contributed by atoms with E-state index in [9.17, 15) is 14.3 Å². The maximum absolute atomic E-state index is 13.7. The lowest BCUT2D eigenvalue weighted by molar-refractivity contribution is 0.103. The number of carbonyl (C=O) groups is 1. The molecule has 0 saturated carbocycles. The second kappa shape index (κ2) is 4.84. The quantitative estimate of drug-likeness (QED) is 0.849. The van der Waals surface area contributed by atoms with Crippen LogP contribution in [0.5, 0.6) is 5.75 Å². The smallest absolute Gasteiger partial charge is 0.193 e. The van der Waals surface area contributed by atoms with Gasteiger partial charge in [0, 0.05) is 11.1 Å². The molecular formula is C16H15FO2. The molecule has 2 nitrogen and oxygen atoms in total. The van der Waals surface area contributed by atoms with Crippen molar-refractivity contribution < 1.29 is 14.3 Å². The van der Waals surface area contributed by atoms with E-state index in [1.165, 1.54) is 26.0 Å². The van der Waals surface area contributed by atoms with E-state index in [2.05, 4.69) is 0 Å². The SMILES string of the molecule is CC(C)(F)c1ccc(C(=O)c2ccc(O)cc2)cc1. The second-order valence-electron chi connectivity index (χ2n) is 4.93. The van der Waals surface area contributed by atoms with Gasteiger partial charge in [-0.15, -0.1) is 0 Å². The van der Waals surface area contributed by atoms with Gasteiger partial charge >= 0.3 is 0 Å². The molecule has 2 aromatic rings. The average Bonchev–Trinajstić information content (AvgIpc) is 2.38. The summed E-state index contributed by atoms with van der Waals surface area (Å²) in [7, 11) is 0. The summed E-state index contributed by atoms with van der Waals surface area (Å²) in [5, 5.41) is 9.18. The van der Waals surface area contributed by atoms with Gasteiger partial charge in [0.2, 0.25) is 0 Å². The van der Waals surface area contributed by atoms with Gasteiger partial charge in [-0.25, -0.2) is 4.39 Å². The molecule has 3 heteroatoms. The van der Waals surface area contributed by atoms with Gasteiger partial charge in [0.15, 0.2) is 5.78 Å². The van der Waals surface area contributed by atoms with Crippen LogP contribution in [0.25, 0.3) is 0 Å². The molecule has 19 heavy (non-hydrogen) atoms. The Morgan fingerprint density at radius 2 is 1.37 bits per heavy atom. The van der Waals surface area contributed by atoms with Gasteiger partial charge in [0.25, 0.3) is 0 Å². The maximum Gasteiger partial charge on any atom is 0.193 e. The first kappa shape index (κ1) is 13.3. The highest BCUT2D eigenvalue weighted by molar-refractivity contribution is 6.09. The third-order valence-corrected chi connectivity index (χ3v) is 2.96. The lowest BCUT2D eigenvalue weighted by Gasteiger charge is -2.14. The number of ketones is 1. The highest BCUT2D eigenvalue weighted by atomic mass is 19.1. The Bertz CT molecular complexity index is 578. The second-order valence-corrected chi connectivity index (χ2v) is 4.93. The van der Waals surface area contributed by atoms with Crippen molar-refractivity contribution in [2.75, 3.05) is 0 Å². The van der Waals surface area contributed by atoms with Crippen molar-refractivity contribution in [1.29, 1.82) is 0 Å². The molecule has 1 N–H and O–H groups in total. The van der Waals surface area contributed by atoms with Gasteiger partial charge in [-0.3, -0.25) is 4.79 Å². The molecule has 0 aromatic heterocycles. The normalized spacial score (nSPS) is 11.3. The Morgan fingerprint density at radius 3 is 1.79 bits per heavy atom. The number of carbonyl (C=O) groups excluding carboxylic acids is 1. The van der Waals surface area contributed by atoms with Crippen LogP contribution in [0, 0.1) is 0 Å². The summed E-state index contributed by atoms with van der Waals surface area (Å²) < 4.78 is 13.7. The van der Waals surface area contributed by atoms with E-state index in [4.69, 9.17) is 0 Å². The molecule has 0 bridgehead atoms. The van der Waals surface area contributed by atoms with Gasteiger partial charge in [0.1, 0.15) is 11.4 Å². The summed E-state index contributed by atoms with van der Waals surface area (Å²) in [6.45, 7) is 2.95. The first-order valence-electron chi connectivity index (χ1n) is 6.01. The minimum absolute atomic E-state index is 0.117. The first-order valence-corrected chi connectivity index (χ1v) is 6.01. The zero-order valence-corrected chi connectivity index (χ0v) is 10.9. The summed E-state index contributed by atoms with van der Waals surface area (Å²) in [5.74, 6) is -0.0331. The molecule has 2 aromatic carbocycles. The highest BCUT2D eigenvalue weighted by Crippen LogP contribution is 2.25. The van der Waals surface area contributed by atoms with E-state index in [1.54, 1.807) is 36.4 Å². The van der Waals surface area contributed by atoms with Gasteiger partial charge in [-0.1, -0.05) is 24.3 Å². The highest BCUT2D eigenvalue weighted by Gasteiger charge is 2.19. The summed E-state index contributed by atoms with van der Waals surface area (Å²) in [6.07, 6.45) is 0. The number of benzene rings is 2. The van der Waals surface area contributed by atoms with Crippen LogP contribution in [0.2, 0.25) is 0 Å². The van der Waals surface area contributed by atoms with Gasteiger partial charge in [-0.05, 0) is 43.7 Å². The standard InChI is InChI=1S/C16H15FO2/c1-16(2,17)13-7-3-11(4-8-13)15(19)12-5-9-14(18)10-6-12/h3-10,18H,1-2H3. The lowest BCUT2D eigenvalue weighted by Crippen LogP contribution is -2.09. The molecule has 0 aliphatic rings. The maximum atomic E-state index is 13.7. The van der Waals surface area contributed by atoms with Crippen LogP contribution in [0.4, 0.5) is 4.39 Å². The Balaban J connectivity index is 2.27. The lowest BCUT2D eigenvalue weighted by atomic mass is 9.96. The molecule has 0 unspecified atom stereocenters. The van der Waals surface area contributed by atoms with E-state index in [0.29, 0.717) is 16.7 Å². The van der Waals surface area contributed by atoms with Crippen molar-refractivity contribution in [1.82, 2.24) is 0 Å². The molecule has 0 aliphatic heterocycles. The van der Waals surface area contributed by atoms with Crippen LogP contribution in [-0.4, -0.2) is 10.9 Å². The van der Waals surface area contributed by atoms with Crippen LogP contribution in [0.15, 0.2) is 48.5 Å². The average molecular weight is 258 g/mol. The first-order chi connectivity index (χ1) is 8.88. The van der Waals surface area contributed by atoms with Crippen molar-refractivity contribution in [3.63, 3.8) is 0 Å².